The van der Waals surface area contributed by atoms with Crippen molar-refractivity contribution in [1.82, 2.24) is 10.3 Å². The Balaban J connectivity index is 2.11. The van der Waals surface area contributed by atoms with Crippen molar-refractivity contribution in [3.8, 4) is 0 Å². The summed E-state index contributed by atoms with van der Waals surface area (Å²) >= 11 is 0. The van der Waals surface area contributed by atoms with Crippen molar-refractivity contribution >= 4 is 11.9 Å². The van der Waals surface area contributed by atoms with Crippen LogP contribution in [0, 0.1) is 25.9 Å². The number of aromatic nitrogens is 2. The zero-order valence-corrected chi connectivity index (χ0v) is 13.7. The van der Waals surface area contributed by atoms with Crippen LogP contribution in [0.15, 0.2) is 16.4 Å². The molecule has 0 aromatic carbocycles. The molecular weight excluding hydrogens is 334 g/mol. The molecule has 0 N–H and O–H groups in total. The van der Waals surface area contributed by atoms with Gasteiger partial charge in [0.2, 0.25) is 5.69 Å². The first kappa shape index (κ1) is 17.0. The summed E-state index contributed by atoms with van der Waals surface area (Å²) in [6, 6.07) is 0. The molecule has 134 valence electrons. The van der Waals surface area contributed by atoms with Crippen molar-refractivity contribution in [2.24, 2.45) is 5.41 Å². The summed E-state index contributed by atoms with van der Waals surface area (Å²) in [5.41, 5.74) is -1.49. The molecule has 0 saturated carbocycles. The smallest absolute Gasteiger partial charge is 0.263 e. The molecule has 25 heavy (non-hydrogen) atoms. The van der Waals surface area contributed by atoms with E-state index in [1.165, 1.54) is 0 Å². The molecule has 0 spiro atoms. The van der Waals surface area contributed by atoms with E-state index in [-0.39, 0.29) is 17.1 Å². The largest absolute Gasteiger partial charge is 0.612 e. The molecule has 1 aliphatic heterocycles. The van der Waals surface area contributed by atoms with Crippen molar-refractivity contribution in [2.75, 3.05) is 26.3 Å². The Morgan fingerprint density at radius 2 is 1.96 bits per heavy atom. The molecule has 11 heteroatoms. The summed E-state index contributed by atoms with van der Waals surface area (Å²) < 4.78 is 12.0. The molecule has 1 aliphatic carbocycles. The number of rotatable bonds is 3. The van der Waals surface area contributed by atoms with Gasteiger partial charge in [-0.15, -0.1) is 0 Å². The standard InChI is InChI=1S/C14H17N5O6/c1-14(2,8-17-3-5-24-6-4-17)11-9(18(20)21)7-10(19(22)23)12-13(11)16-25-15-12/h7-8,11H,3-6H2,1-2H3. The fourth-order valence-corrected chi connectivity index (χ4v) is 3.28. The summed E-state index contributed by atoms with van der Waals surface area (Å²) in [6.07, 6.45) is 2.85. The number of hydrogen-bond acceptors (Lipinski definition) is 8. The number of nitro groups is 1. The molecule has 0 radical (unpaired) electrons. The highest BCUT2D eigenvalue weighted by atomic mass is 16.8. The second kappa shape index (κ2) is 6.24. The first-order chi connectivity index (χ1) is 11.8. The lowest BCUT2D eigenvalue weighted by molar-refractivity contribution is -0.548. The Hall–Kier alpha value is -2.82. The number of ether oxygens (including phenoxy) is 1. The van der Waals surface area contributed by atoms with Crippen molar-refractivity contribution in [2.45, 2.75) is 19.8 Å². The maximum Gasteiger partial charge on any atom is 0.263 e. The van der Waals surface area contributed by atoms with E-state index >= 15 is 0 Å². The maximum atomic E-state index is 11.6. The molecule has 3 rings (SSSR count). The number of fused-ring (bicyclic) bond motifs is 1. The third-order valence-corrected chi connectivity index (χ3v) is 4.32. The zero-order chi connectivity index (χ0) is 18.2. The zero-order valence-electron chi connectivity index (χ0n) is 13.7. The van der Waals surface area contributed by atoms with Crippen LogP contribution in [0.1, 0.15) is 31.2 Å². The summed E-state index contributed by atoms with van der Waals surface area (Å²) in [7, 11) is 0. The summed E-state index contributed by atoms with van der Waals surface area (Å²) in [6.45, 7) is 6.13. The van der Waals surface area contributed by atoms with Gasteiger partial charge in [-0.05, 0) is 19.0 Å². The molecule has 2 aliphatic rings. The van der Waals surface area contributed by atoms with Gasteiger partial charge in [0.25, 0.3) is 11.4 Å². The fraction of sp³-hybridized carbons (Fsp3) is 0.571. The quantitative estimate of drug-likeness (QED) is 0.326. The number of allylic oxidation sites excluding steroid dienone is 2. The van der Waals surface area contributed by atoms with Crippen LogP contribution < -0.4 is 0 Å². The Kier molecular flexibility index (Phi) is 4.25. The molecule has 1 fully saturated rings. The Bertz CT molecular complexity index is 781. The lowest BCUT2D eigenvalue weighted by atomic mass is 9.72. The number of hydrogen-bond donors (Lipinski definition) is 0. The van der Waals surface area contributed by atoms with Gasteiger partial charge in [0.15, 0.2) is 13.1 Å². The average molecular weight is 351 g/mol. The second-order valence-electron chi connectivity index (χ2n) is 6.50. The van der Waals surface area contributed by atoms with Crippen LogP contribution in [0.2, 0.25) is 0 Å². The predicted molar refractivity (Wildman–Crippen MR) is 83.9 cm³/mol. The molecule has 1 aromatic rings. The van der Waals surface area contributed by atoms with Crippen LogP contribution in [0.25, 0.3) is 0 Å². The lowest BCUT2D eigenvalue weighted by Gasteiger charge is -2.28. The molecule has 1 unspecified atom stereocenters. The van der Waals surface area contributed by atoms with Gasteiger partial charge in [0.1, 0.15) is 31.0 Å². The van der Waals surface area contributed by atoms with Crippen LogP contribution in [0.5, 0.6) is 0 Å². The molecule has 2 heterocycles. The molecule has 11 nitrogen and oxygen atoms in total. The second-order valence-corrected chi connectivity index (χ2v) is 6.50. The van der Waals surface area contributed by atoms with Crippen LogP contribution in [-0.4, -0.2) is 62.9 Å². The van der Waals surface area contributed by atoms with Crippen molar-refractivity contribution in [3.05, 3.63) is 43.7 Å². The lowest BCUT2D eigenvalue weighted by Crippen LogP contribution is -2.38. The van der Waals surface area contributed by atoms with Gasteiger partial charge in [-0.25, -0.2) is 9.20 Å². The topological polar surface area (TPSA) is 143 Å². The van der Waals surface area contributed by atoms with Gasteiger partial charge in [0.05, 0.1) is 16.4 Å². The molecule has 1 aromatic heterocycles. The summed E-state index contributed by atoms with van der Waals surface area (Å²) in [5.74, 6) is -0.824. The minimum Gasteiger partial charge on any atom is -0.612 e. The minimum absolute atomic E-state index is 0.0657. The van der Waals surface area contributed by atoms with E-state index < -0.39 is 26.9 Å². The van der Waals surface area contributed by atoms with E-state index in [1.807, 2.05) is 24.6 Å². The van der Waals surface area contributed by atoms with E-state index in [2.05, 4.69) is 14.9 Å². The average Bonchev–Trinajstić information content (AvgIpc) is 3.02. The molecule has 0 amide bonds. The Labute approximate surface area is 142 Å². The van der Waals surface area contributed by atoms with Crippen molar-refractivity contribution in [1.29, 1.82) is 0 Å². The third kappa shape index (κ3) is 3.09. The Morgan fingerprint density at radius 1 is 1.28 bits per heavy atom. The van der Waals surface area contributed by atoms with Crippen molar-refractivity contribution in [3.63, 3.8) is 0 Å². The van der Waals surface area contributed by atoms with Crippen LogP contribution in [-0.2, 0) is 4.74 Å². The first-order valence-corrected chi connectivity index (χ1v) is 7.69. The van der Waals surface area contributed by atoms with E-state index in [1.54, 1.807) is 0 Å². The highest BCUT2D eigenvalue weighted by Crippen LogP contribution is 2.43. The predicted octanol–water partition coefficient (Wildman–Crippen LogP) is 0.264. The van der Waals surface area contributed by atoms with Gasteiger partial charge in [-0.3, -0.25) is 10.1 Å². The van der Waals surface area contributed by atoms with E-state index in [0.717, 1.165) is 6.08 Å². The fourth-order valence-electron chi connectivity index (χ4n) is 3.28. The van der Waals surface area contributed by atoms with E-state index in [4.69, 9.17) is 4.74 Å². The highest BCUT2D eigenvalue weighted by molar-refractivity contribution is 6.06. The van der Waals surface area contributed by atoms with E-state index in [9.17, 15) is 20.5 Å². The van der Waals surface area contributed by atoms with Gasteiger partial charge in [0, 0.05) is 0 Å². The third-order valence-electron chi connectivity index (χ3n) is 4.32. The normalized spacial score (nSPS) is 20.7. The Morgan fingerprint density at radius 3 is 2.56 bits per heavy atom. The monoisotopic (exact) mass is 351 g/mol. The van der Waals surface area contributed by atoms with Crippen LogP contribution >= 0.6 is 0 Å². The molecular formula is C14H17N5O6. The minimum atomic E-state index is -0.824. The first-order valence-electron chi connectivity index (χ1n) is 7.69. The van der Waals surface area contributed by atoms with Gasteiger partial charge in [-0.1, -0.05) is 5.16 Å². The van der Waals surface area contributed by atoms with Gasteiger partial charge >= 0.3 is 0 Å². The summed E-state index contributed by atoms with van der Waals surface area (Å²) in [4.78, 5) is 10.2. The highest BCUT2D eigenvalue weighted by Gasteiger charge is 2.50. The maximum absolute atomic E-state index is 11.6. The van der Waals surface area contributed by atoms with Crippen LogP contribution in [0.3, 0.4) is 0 Å². The molecule has 1 saturated heterocycles. The van der Waals surface area contributed by atoms with E-state index in [0.29, 0.717) is 26.3 Å². The summed E-state index contributed by atoms with van der Waals surface area (Å²) in [5, 5.41) is 41.3. The number of morpholine rings is 1. The van der Waals surface area contributed by atoms with Gasteiger partial charge < -0.3 is 15.2 Å². The van der Waals surface area contributed by atoms with Crippen LogP contribution in [0.4, 0.5) is 0 Å². The van der Waals surface area contributed by atoms with Gasteiger partial charge in [-0.2, -0.15) is 4.90 Å². The number of nitrogens with zero attached hydrogens (tertiary/aromatic N) is 5. The SMILES string of the molecule is CC(C)(C=[N+]1CCOCC1)C1C([N+](=O)[O-])=CC(=[N+]([O-])[O-])c2nonc21. The molecule has 0 bridgehead atoms. The molecule has 1 atom stereocenters. The van der Waals surface area contributed by atoms with Crippen molar-refractivity contribution < 1.29 is 23.8 Å².